The van der Waals surface area contributed by atoms with E-state index < -0.39 is 41.0 Å². The fourth-order valence-electron chi connectivity index (χ4n) is 11.0. The Labute approximate surface area is 391 Å². The lowest BCUT2D eigenvalue weighted by molar-refractivity contribution is -0.135. The first-order chi connectivity index (χ1) is 32.8. The van der Waals surface area contributed by atoms with Gasteiger partial charge in [-0.2, -0.15) is 0 Å². The molecule has 2 aromatic carbocycles. The van der Waals surface area contributed by atoms with Crippen LogP contribution in [-0.2, 0) is 30.2 Å². The summed E-state index contributed by atoms with van der Waals surface area (Å²) in [5.74, 6) is -2.31. The van der Waals surface area contributed by atoms with Crippen LogP contribution in [-0.4, -0.2) is 122 Å². The maximum atomic E-state index is 15.8. The van der Waals surface area contributed by atoms with Gasteiger partial charge in [0.05, 0.1) is 16.7 Å². The van der Waals surface area contributed by atoms with E-state index in [9.17, 15) is 19.2 Å². The van der Waals surface area contributed by atoms with Crippen LogP contribution in [0, 0.1) is 23.4 Å². The molecule has 4 aliphatic rings. The number of hydrogen-bond donors (Lipinski definition) is 2. The Balaban J connectivity index is 0.706. The van der Waals surface area contributed by atoms with Crippen LogP contribution in [0.15, 0.2) is 65.7 Å². The third kappa shape index (κ3) is 8.52. The minimum absolute atomic E-state index is 0.0336. The van der Waals surface area contributed by atoms with Crippen molar-refractivity contribution in [2.45, 2.75) is 57.0 Å². The Morgan fingerprint density at radius 3 is 2.19 bits per heavy atom. The number of imidazole rings is 1. The number of benzene rings is 2. The van der Waals surface area contributed by atoms with Gasteiger partial charge in [0.15, 0.2) is 0 Å². The van der Waals surface area contributed by atoms with E-state index in [0.29, 0.717) is 94.4 Å². The molecule has 4 aliphatic heterocycles. The number of nitrogens with one attached hydrogen (secondary N) is 2. The number of piperidine rings is 3. The van der Waals surface area contributed by atoms with E-state index >= 15 is 13.2 Å². The molecular formula is C50H56F3N11O4. The number of piperazine rings is 1. The average Bonchev–Trinajstić information content (AvgIpc) is 3.78. The number of carbonyl (C=O) groups is 3. The second kappa shape index (κ2) is 18.5. The van der Waals surface area contributed by atoms with Crippen molar-refractivity contribution in [1.29, 1.82) is 0 Å². The molecule has 356 valence electrons. The van der Waals surface area contributed by atoms with Gasteiger partial charge in [0.1, 0.15) is 35.0 Å². The Hall–Kier alpha value is -6.53. The van der Waals surface area contributed by atoms with Crippen molar-refractivity contribution in [1.82, 2.24) is 43.7 Å². The van der Waals surface area contributed by atoms with Crippen LogP contribution < -0.4 is 21.2 Å². The highest BCUT2D eigenvalue weighted by Gasteiger charge is 2.34. The Morgan fingerprint density at radius 2 is 1.51 bits per heavy atom. The molecule has 10 rings (SSSR count). The SMILES string of the molecule is CNc1ccc(-c2ccnc3c2cc(CN2CCC(c4c(F)cc(C(=O)N5CCC(CN6CCN(c7cc8c(cc7F)n(C7CCC(=O)NC7=O)c(=O)n8C)CC6)CC5)cc4F)CC2)n3C)cn1. The molecule has 0 radical (unpaired) electrons. The molecule has 1 atom stereocenters. The number of carbonyl (C=O) groups excluding carboxylic acids is 3. The normalized spacial score (nSPS) is 19.4. The third-order valence-electron chi connectivity index (χ3n) is 14.9. The van der Waals surface area contributed by atoms with Crippen LogP contribution in [0.4, 0.5) is 24.7 Å². The first-order valence-corrected chi connectivity index (χ1v) is 23.6. The van der Waals surface area contributed by atoms with Gasteiger partial charge >= 0.3 is 5.69 Å². The first-order valence-electron chi connectivity index (χ1n) is 23.6. The van der Waals surface area contributed by atoms with E-state index in [4.69, 9.17) is 0 Å². The molecule has 1 unspecified atom stereocenters. The number of rotatable bonds is 10. The monoisotopic (exact) mass is 931 g/mol. The molecule has 6 aromatic rings. The number of aryl methyl sites for hydroxylation is 2. The summed E-state index contributed by atoms with van der Waals surface area (Å²) < 4.78 is 52.2. The van der Waals surface area contributed by atoms with Crippen LogP contribution in [0.5, 0.6) is 0 Å². The molecule has 18 heteroatoms. The number of likely N-dealkylation sites (tertiary alicyclic amines) is 2. The summed E-state index contributed by atoms with van der Waals surface area (Å²) in [6, 6.07) is 12.7. The van der Waals surface area contributed by atoms with Gasteiger partial charge in [-0.15, -0.1) is 0 Å². The Kier molecular flexibility index (Phi) is 12.3. The van der Waals surface area contributed by atoms with Crippen molar-refractivity contribution >= 4 is 51.3 Å². The number of nitrogens with zero attached hydrogens (tertiary/aromatic N) is 9. The van der Waals surface area contributed by atoms with Crippen molar-refractivity contribution in [3.63, 3.8) is 0 Å². The van der Waals surface area contributed by atoms with E-state index in [-0.39, 0.29) is 35.8 Å². The Bertz CT molecular complexity index is 2960. The quantitative estimate of drug-likeness (QED) is 0.162. The number of anilines is 2. The van der Waals surface area contributed by atoms with Gasteiger partial charge in [-0.1, -0.05) is 0 Å². The molecule has 4 fully saturated rings. The summed E-state index contributed by atoms with van der Waals surface area (Å²) in [5, 5.41) is 6.38. The molecule has 0 aliphatic carbocycles. The van der Waals surface area contributed by atoms with Crippen LogP contribution >= 0.6 is 0 Å². The maximum absolute atomic E-state index is 15.8. The summed E-state index contributed by atoms with van der Waals surface area (Å²) in [7, 11) is 5.45. The van der Waals surface area contributed by atoms with Gasteiger partial charge < -0.3 is 19.7 Å². The van der Waals surface area contributed by atoms with Gasteiger partial charge in [-0.05, 0) is 105 Å². The van der Waals surface area contributed by atoms with E-state index in [0.717, 1.165) is 53.1 Å². The number of fused-ring (bicyclic) bond motifs is 2. The van der Waals surface area contributed by atoms with Gasteiger partial charge in [0, 0.05) is 126 Å². The molecule has 4 aromatic heterocycles. The van der Waals surface area contributed by atoms with Crippen LogP contribution in [0.3, 0.4) is 0 Å². The highest BCUT2D eigenvalue weighted by molar-refractivity contribution is 6.00. The van der Waals surface area contributed by atoms with E-state index in [2.05, 4.69) is 41.0 Å². The fourth-order valence-corrected chi connectivity index (χ4v) is 11.0. The second-order valence-electron chi connectivity index (χ2n) is 18.9. The van der Waals surface area contributed by atoms with Gasteiger partial charge in [-0.3, -0.25) is 38.6 Å². The molecule has 4 saturated heterocycles. The zero-order chi connectivity index (χ0) is 47.4. The molecule has 8 heterocycles. The molecule has 0 saturated carbocycles. The topological polar surface area (TPSA) is 146 Å². The molecule has 68 heavy (non-hydrogen) atoms. The summed E-state index contributed by atoms with van der Waals surface area (Å²) in [5.41, 5.74) is 4.89. The lowest BCUT2D eigenvalue weighted by atomic mass is 9.87. The predicted octanol–water partition coefficient (Wildman–Crippen LogP) is 5.78. The maximum Gasteiger partial charge on any atom is 0.329 e. The van der Waals surface area contributed by atoms with Crippen LogP contribution in [0.25, 0.3) is 33.2 Å². The molecule has 0 spiro atoms. The number of imide groups is 1. The molecule has 0 bridgehead atoms. The van der Waals surface area contributed by atoms with Crippen molar-refractivity contribution in [3.05, 3.63) is 106 Å². The zero-order valence-electron chi connectivity index (χ0n) is 38.6. The molecule has 3 amide bonds. The van der Waals surface area contributed by atoms with Gasteiger partial charge in [-0.25, -0.2) is 27.9 Å². The largest absolute Gasteiger partial charge is 0.373 e. The third-order valence-corrected chi connectivity index (χ3v) is 14.9. The standard InChI is InChI=1S/C50H56F3N11O4/c1-54-44-6-4-32(27-56-44)35-8-13-55-47-36(35)24-34(58(47)2)29-60-14-11-31(12-15-60)46-38(52)22-33(23-39(46)53)49(67)63-16-9-30(10-17-63)28-61-18-20-62(21-19-61)41-26-42-43(25-37(41)51)64(50(68)59(42)3)40-5-7-45(65)57-48(40)66/h4,6,8,13,22-27,30-31,40H,5,7,9-12,14-21,28-29H2,1-3H3,(H,54,56)(H,57,65,66). The lowest BCUT2D eigenvalue weighted by Crippen LogP contribution is -2.49. The minimum Gasteiger partial charge on any atom is -0.373 e. The van der Waals surface area contributed by atoms with E-state index in [1.807, 2.05) is 49.6 Å². The summed E-state index contributed by atoms with van der Waals surface area (Å²) in [6.07, 6.45) is 6.65. The highest BCUT2D eigenvalue weighted by Crippen LogP contribution is 2.36. The van der Waals surface area contributed by atoms with E-state index in [1.165, 1.54) is 27.3 Å². The number of hydrogen-bond acceptors (Lipinski definition) is 10. The van der Waals surface area contributed by atoms with Crippen molar-refractivity contribution < 1.29 is 27.6 Å². The summed E-state index contributed by atoms with van der Waals surface area (Å²) in [6.45, 7) is 6.38. The second-order valence-corrected chi connectivity index (χ2v) is 18.9. The van der Waals surface area contributed by atoms with Crippen molar-refractivity contribution in [2.75, 3.05) is 76.2 Å². The van der Waals surface area contributed by atoms with Gasteiger partial charge in [0.2, 0.25) is 11.8 Å². The predicted molar refractivity (Wildman–Crippen MR) is 253 cm³/mol. The number of pyridine rings is 2. The minimum atomic E-state index is -0.893. The van der Waals surface area contributed by atoms with Crippen LogP contribution in [0.2, 0.25) is 0 Å². The molecule has 2 N–H and O–H groups in total. The molecule has 15 nitrogen and oxygen atoms in total. The summed E-state index contributed by atoms with van der Waals surface area (Å²) >= 11 is 0. The van der Waals surface area contributed by atoms with E-state index in [1.54, 1.807) is 18.0 Å². The van der Waals surface area contributed by atoms with Crippen LogP contribution in [0.1, 0.15) is 72.1 Å². The lowest BCUT2D eigenvalue weighted by Gasteiger charge is -2.39. The summed E-state index contributed by atoms with van der Waals surface area (Å²) in [4.78, 5) is 68.7. The molecular weight excluding hydrogens is 876 g/mol. The number of aromatic nitrogens is 5. The van der Waals surface area contributed by atoms with Crippen molar-refractivity contribution in [2.24, 2.45) is 20.0 Å². The number of halogens is 3. The smallest absolute Gasteiger partial charge is 0.329 e. The highest BCUT2D eigenvalue weighted by atomic mass is 19.1. The van der Waals surface area contributed by atoms with Crippen molar-refractivity contribution in [3.8, 4) is 11.1 Å². The Morgan fingerprint density at radius 1 is 0.779 bits per heavy atom. The fraction of sp³-hybridized carbons (Fsp3) is 0.440. The zero-order valence-corrected chi connectivity index (χ0v) is 38.6. The average molecular weight is 932 g/mol. The van der Waals surface area contributed by atoms with Gasteiger partial charge in [0.25, 0.3) is 5.91 Å². The number of amides is 3. The first kappa shape index (κ1) is 45.3.